The molecule has 1 heterocycles. The maximum absolute atomic E-state index is 5.71. The fourth-order valence-corrected chi connectivity index (χ4v) is 1.07. The van der Waals surface area contributed by atoms with E-state index in [9.17, 15) is 0 Å². The Morgan fingerprint density at radius 1 is 1.46 bits per heavy atom. The highest BCUT2D eigenvalue weighted by Gasteiger charge is 1.99. The summed E-state index contributed by atoms with van der Waals surface area (Å²) in [5.74, 6) is 0. The lowest BCUT2D eigenvalue weighted by molar-refractivity contribution is 1.15. The van der Waals surface area contributed by atoms with Crippen LogP contribution in [0.15, 0.2) is 24.8 Å². The smallest absolute Gasteiger partial charge is 0.0663 e. The van der Waals surface area contributed by atoms with Gasteiger partial charge in [0.15, 0.2) is 0 Å². The molecule has 0 aliphatic rings. The molecule has 0 spiro atoms. The van der Waals surface area contributed by atoms with Crippen LogP contribution in [0.3, 0.4) is 0 Å². The number of rotatable bonds is 2. The Kier molecular flexibility index (Phi) is 2.85. The van der Waals surface area contributed by atoms with Crippen molar-refractivity contribution in [2.75, 3.05) is 5.73 Å². The van der Waals surface area contributed by atoms with Gasteiger partial charge in [0.05, 0.1) is 17.1 Å². The normalized spacial score (nSPS) is 10.6. The van der Waals surface area contributed by atoms with Gasteiger partial charge < -0.3 is 5.73 Å². The van der Waals surface area contributed by atoms with Crippen LogP contribution < -0.4 is 5.73 Å². The summed E-state index contributed by atoms with van der Waals surface area (Å²) in [6.07, 6.45) is 5.52. The molecule has 0 aliphatic carbocycles. The Morgan fingerprint density at radius 3 is 2.77 bits per heavy atom. The zero-order chi connectivity index (χ0) is 9.84. The van der Waals surface area contributed by atoms with Crippen molar-refractivity contribution in [2.45, 2.75) is 13.8 Å². The number of aromatic nitrogens is 1. The quantitative estimate of drug-likeness (QED) is 0.699. The molecule has 0 unspecified atom stereocenters. The Hall–Kier alpha value is -1.57. The molecular formula is C11H14N2. The minimum atomic E-state index is 0.744. The highest BCUT2D eigenvalue weighted by molar-refractivity contribution is 5.56. The molecule has 1 aromatic rings. The molecule has 0 saturated heterocycles. The topological polar surface area (TPSA) is 38.9 Å². The number of nitrogen functional groups attached to an aromatic ring is 1. The molecule has 1 aromatic heterocycles. The fourth-order valence-electron chi connectivity index (χ4n) is 1.07. The monoisotopic (exact) mass is 174 g/mol. The lowest BCUT2D eigenvalue weighted by Gasteiger charge is -2.04. The molecule has 2 N–H and O–H groups in total. The van der Waals surface area contributed by atoms with Gasteiger partial charge in [-0.1, -0.05) is 18.7 Å². The summed E-state index contributed by atoms with van der Waals surface area (Å²) in [5.41, 5.74) is 9.36. The summed E-state index contributed by atoms with van der Waals surface area (Å²) in [4.78, 5) is 4.35. The van der Waals surface area contributed by atoms with Crippen LogP contribution in [0, 0.1) is 13.8 Å². The van der Waals surface area contributed by atoms with Crippen LogP contribution in [0.5, 0.6) is 0 Å². The van der Waals surface area contributed by atoms with Crippen molar-refractivity contribution < 1.29 is 0 Å². The number of hydrogen-bond acceptors (Lipinski definition) is 2. The van der Waals surface area contributed by atoms with Crippen molar-refractivity contribution in [3.63, 3.8) is 0 Å². The van der Waals surface area contributed by atoms with Gasteiger partial charge in [-0.05, 0) is 31.6 Å². The van der Waals surface area contributed by atoms with Crippen LogP contribution in [-0.2, 0) is 0 Å². The van der Waals surface area contributed by atoms with E-state index in [1.54, 1.807) is 6.08 Å². The summed E-state index contributed by atoms with van der Waals surface area (Å²) < 4.78 is 0. The first-order valence-corrected chi connectivity index (χ1v) is 4.18. The van der Waals surface area contributed by atoms with Crippen LogP contribution in [-0.4, -0.2) is 4.98 Å². The summed E-state index contributed by atoms with van der Waals surface area (Å²) in [6, 6.07) is 1.94. The Bertz CT molecular complexity index is 351. The third-order valence-corrected chi connectivity index (χ3v) is 1.87. The van der Waals surface area contributed by atoms with Gasteiger partial charge in [0, 0.05) is 0 Å². The highest BCUT2D eigenvalue weighted by Crippen LogP contribution is 2.14. The van der Waals surface area contributed by atoms with Gasteiger partial charge in [0.1, 0.15) is 0 Å². The molecule has 1 rings (SSSR count). The molecule has 0 saturated carbocycles. The molecule has 0 radical (unpaired) electrons. The Labute approximate surface area is 78.8 Å². The van der Waals surface area contributed by atoms with Gasteiger partial charge in [0.25, 0.3) is 0 Å². The van der Waals surface area contributed by atoms with Crippen LogP contribution in [0.4, 0.5) is 5.69 Å². The van der Waals surface area contributed by atoms with E-state index in [0.717, 1.165) is 22.6 Å². The lowest BCUT2D eigenvalue weighted by Crippen LogP contribution is -1.97. The van der Waals surface area contributed by atoms with E-state index in [1.165, 1.54) is 0 Å². The minimum Gasteiger partial charge on any atom is -0.397 e. The molecule has 0 fully saturated rings. The fraction of sp³-hybridized carbons (Fsp3) is 0.182. The van der Waals surface area contributed by atoms with Gasteiger partial charge in [-0.2, -0.15) is 0 Å². The van der Waals surface area contributed by atoms with E-state index in [1.807, 2.05) is 32.1 Å². The molecule has 0 aromatic carbocycles. The number of aryl methyl sites for hydroxylation is 2. The van der Waals surface area contributed by atoms with E-state index in [0.29, 0.717) is 0 Å². The average Bonchev–Trinajstić information content (AvgIpc) is 2.09. The van der Waals surface area contributed by atoms with Gasteiger partial charge in [-0.3, -0.25) is 4.98 Å². The van der Waals surface area contributed by atoms with Crippen molar-refractivity contribution in [3.8, 4) is 0 Å². The lowest BCUT2D eigenvalue weighted by atomic mass is 10.1. The van der Waals surface area contributed by atoms with Crippen molar-refractivity contribution in [1.82, 2.24) is 4.98 Å². The van der Waals surface area contributed by atoms with E-state index in [-0.39, 0.29) is 0 Å². The second kappa shape index (κ2) is 3.90. The van der Waals surface area contributed by atoms with Gasteiger partial charge in [0.2, 0.25) is 0 Å². The van der Waals surface area contributed by atoms with E-state index < -0.39 is 0 Å². The average molecular weight is 174 g/mol. The summed E-state index contributed by atoms with van der Waals surface area (Å²) >= 11 is 0. The van der Waals surface area contributed by atoms with E-state index in [2.05, 4.69) is 11.6 Å². The standard InChI is InChI=1S/C11H14N2/c1-4-5-6-11-8(2)7-10(12)9(3)13-11/h4-7H,1,12H2,2-3H3/b6-5-. The molecule has 0 bridgehead atoms. The zero-order valence-corrected chi connectivity index (χ0v) is 8.04. The molecule has 13 heavy (non-hydrogen) atoms. The van der Waals surface area contributed by atoms with E-state index >= 15 is 0 Å². The van der Waals surface area contributed by atoms with Crippen molar-refractivity contribution in [1.29, 1.82) is 0 Å². The number of anilines is 1. The molecular weight excluding hydrogens is 160 g/mol. The van der Waals surface area contributed by atoms with Crippen LogP contribution >= 0.6 is 0 Å². The number of pyridine rings is 1. The maximum Gasteiger partial charge on any atom is 0.0663 e. The first kappa shape index (κ1) is 9.52. The second-order valence-electron chi connectivity index (χ2n) is 2.96. The first-order chi connectivity index (χ1) is 6.15. The predicted molar refractivity (Wildman–Crippen MR) is 57.4 cm³/mol. The summed E-state index contributed by atoms with van der Waals surface area (Å²) in [7, 11) is 0. The Balaban J connectivity index is 3.15. The number of nitrogens with two attached hydrogens (primary N) is 1. The van der Waals surface area contributed by atoms with Crippen molar-refractivity contribution in [3.05, 3.63) is 41.7 Å². The molecule has 2 nitrogen and oxygen atoms in total. The Morgan fingerprint density at radius 2 is 2.15 bits per heavy atom. The largest absolute Gasteiger partial charge is 0.397 e. The number of hydrogen-bond donors (Lipinski definition) is 1. The third kappa shape index (κ3) is 2.18. The highest BCUT2D eigenvalue weighted by atomic mass is 14.7. The number of nitrogens with zero attached hydrogens (tertiary/aromatic N) is 1. The summed E-state index contributed by atoms with van der Waals surface area (Å²) in [5, 5.41) is 0. The minimum absolute atomic E-state index is 0.744. The molecule has 0 atom stereocenters. The van der Waals surface area contributed by atoms with Crippen molar-refractivity contribution in [2.24, 2.45) is 0 Å². The second-order valence-corrected chi connectivity index (χ2v) is 2.96. The van der Waals surface area contributed by atoms with Gasteiger partial charge >= 0.3 is 0 Å². The first-order valence-electron chi connectivity index (χ1n) is 4.18. The van der Waals surface area contributed by atoms with E-state index in [4.69, 9.17) is 5.73 Å². The predicted octanol–water partition coefficient (Wildman–Crippen LogP) is 2.48. The maximum atomic E-state index is 5.71. The van der Waals surface area contributed by atoms with Crippen LogP contribution in [0.2, 0.25) is 0 Å². The van der Waals surface area contributed by atoms with Crippen molar-refractivity contribution >= 4 is 11.8 Å². The molecule has 68 valence electrons. The zero-order valence-electron chi connectivity index (χ0n) is 8.04. The number of allylic oxidation sites excluding steroid dienone is 2. The SMILES string of the molecule is C=C/C=C\c1nc(C)c(N)cc1C. The van der Waals surface area contributed by atoms with Gasteiger partial charge in [-0.15, -0.1) is 0 Å². The summed E-state index contributed by atoms with van der Waals surface area (Å²) in [6.45, 7) is 7.50. The van der Waals surface area contributed by atoms with Gasteiger partial charge in [-0.25, -0.2) is 0 Å². The molecule has 0 aliphatic heterocycles. The van der Waals surface area contributed by atoms with Crippen LogP contribution in [0.25, 0.3) is 6.08 Å². The van der Waals surface area contributed by atoms with Crippen LogP contribution in [0.1, 0.15) is 17.0 Å². The molecule has 2 heteroatoms. The third-order valence-electron chi connectivity index (χ3n) is 1.87. The molecule has 0 amide bonds.